The monoisotopic (exact) mass is 1200 g/mol. The van der Waals surface area contributed by atoms with Crippen LogP contribution < -0.4 is 5.32 Å². The Morgan fingerprint density at radius 3 is 2.22 bits per heavy atom. The molecule has 3 saturated carbocycles. The summed E-state index contributed by atoms with van der Waals surface area (Å²) < 4.78 is 22.9. The molecule has 5 aliphatic rings. The van der Waals surface area contributed by atoms with E-state index in [-0.39, 0.29) is 130 Å². The number of hydrogen-bond donors (Lipinski definition) is 6. The molecule has 2 bridgehead atoms. The molecule has 11 atom stereocenters. The van der Waals surface area contributed by atoms with Crippen LogP contribution >= 0.6 is 0 Å². The number of esters is 2. The zero-order valence-corrected chi connectivity index (χ0v) is 41.6. The van der Waals surface area contributed by atoms with Crippen molar-refractivity contribution in [1.82, 2.24) is 5.32 Å². The molecule has 0 spiro atoms. The Bertz CT molecular complexity index is 1640. The summed E-state index contributed by atoms with van der Waals surface area (Å²) in [5.41, 5.74) is -7.33. The summed E-state index contributed by atoms with van der Waals surface area (Å²) in [4.78, 5) is 55.0. The number of hydrogen-bond acceptors (Lipinski definition) is 13. The number of carbonyl (C=O) groups excluding carboxylic acids is 4. The van der Waals surface area contributed by atoms with E-state index in [4.69, 9.17) is 18.9 Å². The minimum atomic E-state index is -2.27. The van der Waals surface area contributed by atoms with Crippen molar-refractivity contribution in [3.8, 4) is 0 Å². The number of benzene rings is 1. The number of ketones is 1. The summed E-state index contributed by atoms with van der Waals surface area (Å²) in [6.07, 6.45) is -6.82. The third kappa shape index (κ3) is 8.08. The van der Waals surface area contributed by atoms with E-state index in [1.807, 2.05) is 0 Å². The van der Waals surface area contributed by atoms with Gasteiger partial charge in [-0.05, 0) is 62.8 Å². The molecule has 4 aliphatic carbocycles. The van der Waals surface area contributed by atoms with Gasteiger partial charge in [0.1, 0.15) is 29.5 Å². The Kier molecular flexibility index (Phi) is 15.4. The fourth-order valence-corrected chi connectivity index (χ4v) is 9.99. The van der Waals surface area contributed by atoms with Crippen LogP contribution in [0.15, 0.2) is 41.5 Å². The van der Waals surface area contributed by atoms with Gasteiger partial charge >= 0.3 is 18.0 Å². The van der Waals surface area contributed by atoms with Crippen molar-refractivity contribution in [1.29, 1.82) is 0 Å². The summed E-state index contributed by atoms with van der Waals surface area (Å²) in [6.45, 7) is 7.48. The van der Waals surface area contributed by atoms with Gasteiger partial charge in [0.15, 0.2) is 11.9 Å². The second-order valence-corrected chi connectivity index (χ2v) is 16.3. The molecule has 298 valence electrons. The van der Waals surface area contributed by atoms with Crippen molar-refractivity contribution >= 4 is 23.8 Å². The first-order valence-corrected chi connectivity index (χ1v) is 18.7. The van der Waals surface area contributed by atoms with E-state index in [2.05, 4.69) is 5.32 Å². The van der Waals surface area contributed by atoms with Gasteiger partial charge in [0.2, 0.25) is 0 Å². The average Bonchev–Trinajstić information content (AvgIpc) is 3.13. The Balaban J connectivity index is 0.00000336. The number of alkyl carbamates (subject to hydrolysis) is 1. The van der Waals surface area contributed by atoms with Crippen LogP contribution in [0.25, 0.3) is 0 Å². The van der Waals surface area contributed by atoms with Crippen molar-refractivity contribution < 1.29 is 152 Å². The number of amides is 1. The van der Waals surface area contributed by atoms with Crippen LogP contribution in [-0.4, -0.2) is 116 Å². The number of aliphatic hydroxyl groups is 5. The minimum Gasteiger partial charge on any atom is -0.456 e. The fourth-order valence-electron chi connectivity index (χ4n) is 9.99. The van der Waals surface area contributed by atoms with Crippen molar-refractivity contribution in [2.75, 3.05) is 13.2 Å². The molecular weight excluding hydrogens is 1140 g/mol. The Morgan fingerprint density at radius 2 is 1.64 bits per heavy atom. The van der Waals surface area contributed by atoms with Crippen LogP contribution in [0.4, 0.5) is 4.79 Å². The molecule has 0 aromatic heterocycles. The van der Waals surface area contributed by atoms with Crippen molar-refractivity contribution in [3.05, 3.63) is 47.0 Å². The second kappa shape index (κ2) is 18.0. The Hall–Kier alpha value is -0.517. The largest absolute Gasteiger partial charge is 0.456 e. The molecule has 4 fully saturated rings. The zero-order chi connectivity index (χ0) is 38.7. The predicted octanol–water partition coefficient (Wildman–Crippen LogP) is 2.12. The maximum absolute atomic E-state index is 14.7. The van der Waals surface area contributed by atoms with E-state index in [1.54, 1.807) is 45.9 Å². The summed E-state index contributed by atoms with van der Waals surface area (Å²) in [5, 5.41) is 63.2. The van der Waals surface area contributed by atoms with Crippen LogP contribution in [0.1, 0.15) is 89.9 Å². The number of ether oxygens (including phenoxy) is 4. The van der Waals surface area contributed by atoms with Crippen LogP contribution in [0.2, 0.25) is 0 Å². The standard InChI is InChI=1S/C39H53NO13.2Ac/c1-6-50-35(47)40-27(21-13-9-7-10-14-21)29(43)34(46)52-23-18-39(49)32(53-33(45)22-15-11-8-12-16-22)30-37(5,24(41)17-25-38(30,48)19-51-25)31(44)28(42)26(20(23)2)36(39,3)4;;/h8,11-12,15-16,21,23-25,27-30,32,41-43,48-49H,6-7,9-10,13-14,17-19H2,1-5H3,(H,40,47);;/t23?,24-,25+,27-,28+,29+,30-,32-,37+,38-,39+;;/m0../s1. The quantitative estimate of drug-likeness (QED) is 0.125. The van der Waals surface area contributed by atoms with E-state index in [0.29, 0.717) is 12.8 Å². The number of Topliss-reactive ketones (excluding diaryl/α,β-unsaturated/α-hetero) is 1. The Morgan fingerprint density at radius 1 is 1.00 bits per heavy atom. The first-order valence-electron chi connectivity index (χ1n) is 18.7. The molecule has 6 rings (SSSR count). The topological polar surface area (TPSA) is 218 Å². The molecule has 6 N–H and O–H groups in total. The Labute approximate surface area is 392 Å². The van der Waals surface area contributed by atoms with Gasteiger partial charge in [-0.1, -0.05) is 51.3 Å². The first-order chi connectivity index (χ1) is 24.9. The smallest absolute Gasteiger partial charge is 0.407 e. The van der Waals surface area contributed by atoms with Gasteiger partial charge < -0.3 is 49.8 Å². The number of fused-ring (bicyclic) bond motifs is 5. The fraction of sp³-hybridized carbons (Fsp3) is 0.692. The van der Waals surface area contributed by atoms with Crippen molar-refractivity contribution in [2.24, 2.45) is 22.7 Å². The van der Waals surface area contributed by atoms with Crippen LogP contribution in [0, 0.1) is 111 Å². The number of aliphatic hydroxyl groups excluding tert-OH is 3. The molecule has 14 nitrogen and oxygen atoms in total. The van der Waals surface area contributed by atoms with Gasteiger partial charge in [-0.25, -0.2) is 14.4 Å². The molecule has 1 heterocycles. The molecule has 1 aromatic rings. The van der Waals surface area contributed by atoms with Crippen molar-refractivity contribution in [3.63, 3.8) is 0 Å². The van der Waals surface area contributed by atoms with Gasteiger partial charge in [0.25, 0.3) is 0 Å². The number of rotatable bonds is 8. The zero-order valence-electron chi connectivity index (χ0n) is 32.1. The molecule has 1 aromatic carbocycles. The van der Waals surface area contributed by atoms with Gasteiger partial charge in [0, 0.05) is 112 Å². The molecule has 1 aliphatic heterocycles. The summed E-state index contributed by atoms with van der Waals surface area (Å²) >= 11 is 0. The number of nitrogens with one attached hydrogen (secondary N) is 1. The van der Waals surface area contributed by atoms with Crippen LogP contribution in [-0.2, 0) is 28.5 Å². The molecule has 16 heteroatoms. The van der Waals surface area contributed by atoms with Gasteiger partial charge in [0.05, 0.1) is 42.4 Å². The molecule has 1 saturated heterocycles. The average molecular weight is 1200 g/mol. The maximum atomic E-state index is 14.7. The van der Waals surface area contributed by atoms with E-state index >= 15 is 0 Å². The van der Waals surface area contributed by atoms with Gasteiger partial charge in [-0.3, -0.25) is 4.79 Å². The van der Waals surface area contributed by atoms with E-state index < -0.39 is 101 Å². The number of carbonyl (C=O) groups is 4. The molecule has 2 radical (unpaired) electrons. The van der Waals surface area contributed by atoms with Gasteiger partial charge in [-0.15, -0.1) is 0 Å². The first kappa shape index (κ1) is 47.2. The van der Waals surface area contributed by atoms with E-state index in [9.17, 15) is 44.7 Å². The summed E-state index contributed by atoms with van der Waals surface area (Å²) in [5.74, 6) is -4.63. The van der Waals surface area contributed by atoms with E-state index in [0.717, 1.165) is 19.3 Å². The predicted molar refractivity (Wildman–Crippen MR) is 186 cm³/mol. The third-order valence-electron chi connectivity index (χ3n) is 13.2. The van der Waals surface area contributed by atoms with Gasteiger partial charge in [-0.2, -0.15) is 0 Å². The molecular formula is C39H53Ac2NO13. The van der Waals surface area contributed by atoms with Crippen LogP contribution in [0.3, 0.4) is 0 Å². The second-order valence-electron chi connectivity index (χ2n) is 16.3. The van der Waals surface area contributed by atoms with Crippen molar-refractivity contribution in [2.45, 2.75) is 133 Å². The summed E-state index contributed by atoms with van der Waals surface area (Å²) in [6, 6.07) is 6.89. The third-order valence-corrected chi connectivity index (χ3v) is 13.2. The normalized spacial score (nSPS) is 36.4. The maximum Gasteiger partial charge on any atom is 0.407 e. The molecule has 1 amide bonds. The minimum absolute atomic E-state index is 0. The van der Waals surface area contributed by atoms with E-state index in [1.165, 1.54) is 19.1 Å². The SMILES string of the molecule is CCOC(=O)N[C@@H](C1CCCCC1)[C@@H](O)C(=O)OC1C[C@@]2(O)[C@@H](OC(=O)c3ccccc3)[C@@H]3[C@]4(O)CO[C@@H]4C[C@H](O)[C@@]3(C)C(=O)[C@H](O)C(=C1C)C2(C)C.[Ac].[Ac]. The molecule has 1 unspecified atom stereocenters. The molecule has 55 heavy (non-hydrogen) atoms. The summed E-state index contributed by atoms with van der Waals surface area (Å²) in [7, 11) is 0. The van der Waals surface area contributed by atoms with Crippen LogP contribution in [0.5, 0.6) is 0 Å².